The zero-order valence-electron chi connectivity index (χ0n) is 17.6. The van der Waals surface area contributed by atoms with Gasteiger partial charge in [-0.3, -0.25) is 14.5 Å². The van der Waals surface area contributed by atoms with Crippen molar-refractivity contribution in [2.24, 2.45) is 10.6 Å². The quantitative estimate of drug-likeness (QED) is 0.280. The van der Waals surface area contributed by atoms with Crippen molar-refractivity contribution < 1.29 is 33.6 Å². The first-order valence-electron chi connectivity index (χ1n) is 10.3. The summed E-state index contributed by atoms with van der Waals surface area (Å²) in [6.07, 6.45) is 3.02. The fourth-order valence-corrected chi connectivity index (χ4v) is 3.61. The molecule has 0 bridgehead atoms. The topological polar surface area (TPSA) is 151 Å². The number of furan rings is 1. The van der Waals surface area contributed by atoms with Crippen molar-refractivity contribution in [3.63, 3.8) is 0 Å². The predicted molar refractivity (Wildman–Crippen MR) is 113 cm³/mol. The van der Waals surface area contributed by atoms with E-state index in [9.17, 15) is 19.8 Å². The van der Waals surface area contributed by atoms with Crippen LogP contribution in [0.25, 0.3) is 11.4 Å². The summed E-state index contributed by atoms with van der Waals surface area (Å²) in [5.74, 6) is -1.30. The molecule has 0 saturated carbocycles. The van der Waals surface area contributed by atoms with E-state index in [0.717, 1.165) is 11.1 Å². The Balaban J connectivity index is 1.30. The van der Waals surface area contributed by atoms with Gasteiger partial charge in [0.15, 0.2) is 12.0 Å². The summed E-state index contributed by atoms with van der Waals surface area (Å²) in [7, 11) is 0. The number of benzene rings is 1. The number of hydrogen-bond donors (Lipinski definition) is 2. The van der Waals surface area contributed by atoms with Crippen LogP contribution in [-0.4, -0.2) is 56.5 Å². The highest BCUT2D eigenvalue weighted by Gasteiger charge is 2.48. The van der Waals surface area contributed by atoms with Crippen LogP contribution < -0.4 is 0 Å². The van der Waals surface area contributed by atoms with Gasteiger partial charge >= 0.3 is 11.9 Å². The lowest BCUT2D eigenvalue weighted by Gasteiger charge is -2.36. The van der Waals surface area contributed by atoms with Gasteiger partial charge in [0.1, 0.15) is 12.0 Å². The molecule has 11 nitrogen and oxygen atoms in total. The molecule has 3 aromatic rings. The molecular formula is C22H22N4O7. The second-order valence-electron chi connectivity index (χ2n) is 7.71. The van der Waals surface area contributed by atoms with Crippen LogP contribution in [0.4, 0.5) is 0 Å². The molecule has 2 aromatic heterocycles. The Kier molecular flexibility index (Phi) is 6.50. The highest BCUT2D eigenvalue weighted by molar-refractivity contribution is 5.98. The van der Waals surface area contributed by atoms with Crippen LogP contribution in [0.5, 0.6) is 0 Å². The third-order valence-electron chi connectivity index (χ3n) is 5.61. The second kappa shape index (κ2) is 9.65. The molecule has 2 N–H and O–H groups in total. The first-order valence-corrected chi connectivity index (χ1v) is 10.3. The molecular weight excluding hydrogens is 432 g/mol. The van der Waals surface area contributed by atoms with Gasteiger partial charge in [0.05, 0.1) is 6.26 Å². The van der Waals surface area contributed by atoms with Crippen LogP contribution in [0.3, 0.4) is 0 Å². The van der Waals surface area contributed by atoms with Crippen molar-refractivity contribution in [3.8, 4) is 11.4 Å². The molecule has 1 aromatic carbocycles. The third-order valence-corrected chi connectivity index (χ3v) is 5.61. The number of rotatable bonds is 9. The van der Waals surface area contributed by atoms with Gasteiger partial charge in [-0.1, -0.05) is 34.6 Å². The molecule has 11 heteroatoms. The van der Waals surface area contributed by atoms with E-state index in [4.69, 9.17) is 13.8 Å². The molecule has 0 aliphatic carbocycles. The minimum Gasteiger partial charge on any atom is -0.480 e. The number of oxime groups is 1. The molecule has 0 unspecified atom stereocenters. The molecule has 33 heavy (non-hydrogen) atoms. The number of likely N-dealkylation sites (tertiary alicyclic amines) is 1. The van der Waals surface area contributed by atoms with E-state index in [-0.39, 0.29) is 25.3 Å². The molecule has 0 amide bonds. The van der Waals surface area contributed by atoms with E-state index in [1.807, 2.05) is 29.2 Å². The Morgan fingerprint density at radius 2 is 1.88 bits per heavy atom. The van der Waals surface area contributed by atoms with Crippen LogP contribution in [0.15, 0.2) is 56.8 Å². The van der Waals surface area contributed by atoms with Gasteiger partial charge in [-0.15, -0.1) is 0 Å². The Morgan fingerprint density at radius 1 is 1.15 bits per heavy atom. The number of nitrogens with zero attached hydrogens (tertiary/aromatic N) is 4. The second-order valence-corrected chi connectivity index (χ2v) is 7.71. The highest BCUT2D eigenvalue weighted by atomic mass is 16.6. The third kappa shape index (κ3) is 5.09. The van der Waals surface area contributed by atoms with Gasteiger partial charge in [0.2, 0.25) is 5.82 Å². The van der Waals surface area contributed by atoms with E-state index in [1.54, 1.807) is 18.4 Å². The number of piperidine rings is 1. The highest BCUT2D eigenvalue weighted by Crippen LogP contribution is 2.33. The fourth-order valence-electron chi connectivity index (χ4n) is 3.61. The molecule has 172 valence electrons. The van der Waals surface area contributed by atoms with E-state index in [0.29, 0.717) is 31.2 Å². The van der Waals surface area contributed by atoms with Crippen LogP contribution in [0.2, 0.25) is 0 Å². The summed E-state index contributed by atoms with van der Waals surface area (Å²) in [5, 5.41) is 26.4. The van der Waals surface area contributed by atoms with Gasteiger partial charge in [-0.05, 0) is 30.5 Å². The van der Waals surface area contributed by atoms with Gasteiger partial charge in [0.25, 0.3) is 5.89 Å². The summed E-state index contributed by atoms with van der Waals surface area (Å²) in [6.45, 7) is 1.58. The lowest BCUT2D eigenvalue weighted by molar-refractivity contribution is -0.168. The predicted octanol–water partition coefficient (Wildman–Crippen LogP) is 2.63. The van der Waals surface area contributed by atoms with E-state index in [2.05, 4.69) is 15.3 Å². The molecule has 3 heterocycles. The standard InChI is InChI=1S/C22H22N4O7/c27-20(28)22(21(29)30)7-9-26(10-8-22)13-15-3-5-16(6-4-15)19-24-18(33-25-19)12-23-32-14-17-2-1-11-31-17/h1-6,11-12H,7-10,13-14H2,(H,27,28)(H,29,30)/b23-12+. The van der Waals surface area contributed by atoms with Crippen molar-refractivity contribution >= 4 is 18.2 Å². The Bertz CT molecular complexity index is 1100. The summed E-state index contributed by atoms with van der Waals surface area (Å²) in [6, 6.07) is 11.1. The number of hydrogen-bond acceptors (Lipinski definition) is 9. The molecule has 0 atom stereocenters. The zero-order valence-corrected chi connectivity index (χ0v) is 17.6. The normalized spacial score (nSPS) is 16.1. The maximum atomic E-state index is 11.4. The molecule has 1 fully saturated rings. The summed E-state index contributed by atoms with van der Waals surface area (Å²) >= 11 is 0. The van der Waals surface area contributed by atoms with Crippen molar-refractivity contribution in [1.82, 2.24) is 15.0 Å². The number of carbonyl (C=O) groups is 2. The van der Waals surface area contributed by atoms with Gasteiger partial charge < -0.3 is 24.0 Å². The molecule has 0 radical (unpaired) electrons. The molecule has 1 aliphatic heterocycles. The number of carboxylic acid groups (broad SMARTS) is 2. The smallest absolute Gasteiger partial charge is 0.321 e. The maximum absolute atomic E-state index is 11.4. The van der Waals surface area contributed by atoms with Crippen LogP contribution in [0.1, 0.15) is 30.1 Å². The Labute approximate surface area is 188 Å². The first kappa shape index (κ1) is 22.2. The van der Waals surface area contributed by atoms with E-state index in [1.165, 1.54) is 6.21 Å². The van der Waals surface area contributed by atoms with Gasteiger partial charge in [-0.2, -0.15) is 4.98 Å². The number of carboxylic acids is 2. The molecule has 0 spiro atoms. The van der Waals surface area contributed by atoms with Crippen molar-refractivity contribution in [1.29, 1.82) is 0 Å². The SMILES string of the molecule is O=C(O)C1(C(=O)O)CCN(Cc2ccc(-c3noc(/C=N/OCc4ccco4)n3)cc2)CC1. The Hall–Kier alpha value is -3.99. The summed E-state index contributed by atoms with van der Waals surface area (Å²) in [5.41, 5.74) is 0.0747. The first-order chi connectivity index (χ1) is 16.0. The van der Waals surface area contributed by atoms with Crippen molar-refractivity contribution in [2.75, 3.05) is 13.1 Å². The average molecular weight is 454 g/mol. The maximum Gasteiger partial charge on any atom is 0.321 e. The minimum atomic E-state index is -1.69. The van der Waals surface area contributed by atoms with Crippen LogP contribution >= 0.6 is 0 Å². The fraction of sp³-hybridized carbons (Fsp3) is 0.318. The number of aliphatic carboxylic acids is 2. The molecule has 4 rings (SSSR count). The van der Waals surface area contributed by atoms with Gasteiger partial charge in [0, 0.05) is 25.2 Å². The molecule has 1 saturated heterocycles. The summed E-state index contributed by atoms with van der Waals surface area (Å²) < 4.78 is 10.3. The van der Waals surface area contributed by atoms with E-state index < -0.39 is 17.4 Å². The monoisotopic (exact) mass is 454 g/mol. The van der Waals surface area contributed by atoms with Crippen LogP contribution in [0, 0.1) is 5.41 Å². The van der Waals surface area contributed by atoms with E-state index >= 15 is 0 Å². The molecule has 1 aliphatic rings. The van der Waals surface area contributed by atoms with Crippen molar-refractivity contribution in [2.45, 2.75) is 26.0 Å². The van der Waals surface area contributed by atoms with Crippen molar-refractivity contribution in [3.05, 3.63) is 59.9 Å². The van der Waals surface area contributed by atoms with Gasteiger partial charge in [-0.25, -0.2) is 0 Å². The number of aromatic nitrogens is 2. The lowest BCUT2D eigenvalue weighted by atomic mass is 9.78. The van der Waals surface area contributed by atoms with Crippen LogP contribution in [-0.2, 0) is 27.6 Å². The lowest BCUT2D eigenvalue weighted by Crippen LogP contribution is -2.48. The average Bonchev–Trinajstić information content (AvgIpc) is 3.50. The minimum absolute atomic E-state index is 0.0775. The largest absolute Gasteiger partial charge is 0.480 e. The summed E-state index contributed by atoms with van der Waals surface area (Å²) in [4.78, 5) is 34.3. The zero-order chi connectivity index (χ0) is 23.3. The Morgan fingerprint density at radius 3 is 2.52 bits per heavy atom.